The Hall–Kier alpha value is -0.810. The summed E-state index contributed by atoms with van der Waals surface area (Å²) < 4.78 is 5.47. The van der Waals surface area contributed by atoms with Gasteiger partial charge in [0.2, 0.25) is 0 Å². The van der Waals surface area contributed by atoms with Gasteiger partial charge in [0, 0.05) is 38.3 Å². The smallest absolute Gasteiger partial charge is 0.191 e. The van der Waals surface area contributed by atoms with Crippen LogP contribution in [0.15, 0.2) is 4.99 Å². The molecule has 138 valence electrons. The van der Waals surface area contributed by atoms with Crippen molar-refractivity contribution >= 4 is 5.96 Å². The summed E-state index contributed by atoms with van der Waals surface area (Å²) >= 11 is 0. The summed E-state index contributed by atoms with van der Waals surface area (Å²) in [5.74, 6) is 2.81. The topological polar surface area (TPSA) is 48.9 Å². The Balaban J connectivity index is 1.42. The normalized spacial score (nSPS) is 30.2. The van der Waals surface area contributed by atoms with E-state index in [9.17, 15) is 0 Å². The molecule has 0 aromatic carbocycles. The molecule has 3 fully saturated rings. The maximum absolute atomic E-state index is 5.47. The molecule has 2 unspecified atom stereocenters. The fraction of sp³-hybridized carbons (Fsp3) is 0.947. The van der Waals surface area contributed by atoms with Gasteiger partial charge in [-0.1, -0.05) is 32.1 Å². The van der Waals surface area contributed by atoms with Crippen molar-refractivity contribution in [3.05, 3.63) is 0 Å². The quantitative estimate of drug-likeness (QED) is 0.597. The van der Waals surface area contributed by atoms with E-state index in [0.717, 1.165) is 50.6 Å². The second-order valence-corrected chi connectivity index (χ2v) is 8.39. The Morgan fingerprint density at radius 3 is 2.54 bits per heavy atom. The molecule has 0 radical (unpaired) electrons. The molecule has 0 aromatic rings. The summed E-state index contributed by atoms with van der Waals surface area (Å²) in [6.45, 7) is 9.26. The van der Waals surface area contributed by atoms with E-state index in [0.29, 0.717) is 6.04 Å². The SMILES string of the molecule is CN=C(NCC(C)(C)N1CCOCC1)NC1CC1C1CCCCC1. The van der Waals surface area contributed by atoms with Crippen LogP contribution >= 0.6 is 0 Å². The Kier molecular flexibility index (Phi) is 6.03. The standard InChI is InChI=1S/C19H36N4O/c1-19(2,23-9-11-24-12-10-23)14-21-18(20-3)22-17-13-16(17)15-7-5-4-6-8-15/h15-17H,4-14H2,1-3H3,(H2,20,21,22). The van der Waals surface area contributed by atoms with Crippen LogP contribution in [0.4, 0.5) is 0 Å². The lowest BCUT2D eigenvalue weighted by molar-refractivity contribution is -0.00834. The molecule has 0 aromatic heterocycles. The largest absolute Gasteiger partial charge is 0.379 e. The summed E-state index contributed by atoms with van der Waals surface area (Å²) in [6, 6.07) is 0.644. The van der Waals surface area contributed by atoms with E-state index >= 15 is 0 Å². The maximum atomic E-state index is 5.47. The van der Waals surface area contributed by atoms with Crippen LogP contribution in [0.5, 0.6) is 0 Å². The van der Waals surface area contributed by atoms with Crippen molar-refractivity contribution in [2.45, 2.75) is 64.0 Å². The third kappa shape index (κ3) is 4.63. The zero-order valence-electron chi connectivity index (χ0n) is 15.8. The molecule has 1 aliphatic heterocycles. The molecule has 2 N–H and O–H groups in total. The minimum Gasteiger partial charge on any atom is -0.379 e. The van der Waals surface area contributed by atoms with Gasteiger partial charge >= 0.3 is 0 Å². The molecule has 5 heteroatoms. The molecule has 2 saturated carbocycles. The number of hydrogen-bond acceptors (Lipinski definition) is 3. The van der Waals surface area contributed by atoms with Gasteiger partial charge in [0.1, 0.15) is 0 Å². The van der Waals surface area contributed by atoms with Gasteiger partial charge in [-0.25, -0.2) is 0 Å². The minimum absolute atomic E-state index is 0.119. The van der Waals surface area contributed by atoms with Crippen LogP contribution < -0.4 is 10.6 Å². The Bertz CT molecular complexity index is 425. The van der Waals surface area contributed by atoms with Gasteiger partial charge in [-0.2, -0.15) is 0 Å². The molecule has 3 aliphatic rings. The maximum Gasteiger partial charge on any atom is 0.191 e. The van der Waals surface area contributed by atoms with Crippen molar-refractivity contribution < 1.29 is 4.74 Å². The minimum atomic E-state index is 0.119. The zero-order valence-corrected chi connectivity index (χ0v) is 15.8. The van der Waals surface area contributed by atoms with Gasteiger partial charge in [-0.3, -0.25) is 9.89 Å². The molecule has 3 rings (SSSR count). The first-order valence-corrected chi connectivity index (χ1v) is 9.90. The molecule has 1 heterocycles. The van der Waals surface area contributed by atoms with Gasteiger partial charge in [0.15, 0.2) is 5.96 Å². The molecular formula is C19H36N4O. The molecule has 5 nitrogen and oxygen atoms in total. The van der Waals surface area contributed by atoms with Crippen LogP contribution in [0.2, 0.25) is 0 Å². The van der Waals surface area contributed by atoms with Crippen LogP contribution in [0.25, 0.3) is 0 Å². The van der Waals surface area contributed by atoms with E-state index in [4.69, 9.17) is 4.74 Å². The summed E-state index contributed by atoms with van der Waals surface area (Å²) in [5, 5.41) is 7.22. The monoisotopic (exact) mass is 336 g/mol. The highest BCUT2D eigenvalue weighted by Gasteiger charge is 2.43. The lowest BCUT2D eigenvalue weighted by atomic mass is 9.85. The molecule has 0 spiro atoms. The average Bonchev–Trinajstić information content (AvgIpc) is 3.39. The van der Waals surface area contributed by atoms with Crippen LogP contribution in [-0.4, -0.2) is 62.3 Å². The second-order valence-electron chi connectivity index (χ2n) is 8.39. The fourth-order valence-electron chi connectivity index (χ4n) is 4.41. The van der Waals surface area contributed by atoms with E-state index in [1.54, 1.807) is 0 Å². The Morgan fingerprint density at radius 1 is 1.17 bits per heavy atom. The molecule has 0 bridgehead atoms. The zero-order chi connectivity index (χ0) is 17.0. The number of ether oxygens (including phenoxy) is 1. The molecule has 24 heavy (non-hydrogen) atoms. The van der Waals surface area contributed by atoms with E-state index in [1.807, 2.05) is 7.05 Å². The van der Waals surface area contributed by atoms with Gasteiger partial charge in [-0.05, 0) is 32.1 Å². The van der Waals surface area contributed by atoms with E-state index in [-0.39, 0.29) is 5.54 Å². The van der Waals surface area contributed by atoms with E-state index in [1.165, 1.54) is 38.5 Å². The van der Waals surface area contributed by atoms with Crippen molar-refractivity contribution in [2.75, 3.05) is 39.9 Å². The summed E-state index contributed by atoms with van der Waals surface area (Å²) in [7, 11) is 1.88. The van der Waals surface area contributed by atoms with Crippen molar-refractivity contribution in [3.8, 4) is 0 Å². The lowest BCUT2D eigenvalue weighted by Crippen LogP contribution is -2.56. The van der Waals surface area contributed by atoms with E-state index < -0.39 is 0 Å². The van der Waals surface area contributed by atoms with Crippen LogP contribution in [-0.2, 0) is 4.74 Å². The van der Waals surface area contributed by atoms with Gasteiger partial charge in [-0.15, -0.1) is 0 Å². The van der Waals surface area contributed by atoms with Gasteiger partial charge in [0.05, 0.1) is 13.2 Å². The van der Waals surface area contributed by atoms with Crippen molar-refractivity contribution in [2.24, 2.45) is 16.8 Å². The van der Waals surface area contributed by atoms with Crippen LogP contribution in [0.1, 0.15) is 52.4 Å². The number of morpholine rings is 1. The molecule has 2 aliphatic carbocycles. The van der Waals surface area contributed by atoms with E-state index in [2.05, 4.69) is 34.4 Å². The van der Waals surface area contributed by atoms with Gasteiger partial charge in [0.25, 0.3) is 0 Å². The molecule has 2 atom stereocenters. The first-order chi connectivity index (χ1) is 11.6. The lowest BCUT2D eigenvalue weighted by Gasteiger charge is -2.41. The highest BCUT2D eigenvalue weighted by molar-refractivity contribution is 5.80. The number of rotatable bonds is 5. The van der Waals surface area contributed by atoms with Crippen molar-refractivity contribution in [1.82, 2.24) is 15.5 Å². The number of nitrogens with zero attached hydrogens (tertiary/aromatic N) is 2. The number of aliphatic imine (C=N–C) groups is 1. The van der Waals surface area contributed by atoms with Crippen LogP contribution in [0, 0.1) is 11.8 Å². The summed E-state index contributed by atoms with van der Waals surface area (Å²) in [4.78, 5) is 6.96. The highest BCUT2D eigenvalue weighted by Crippen LogP contribution is 2.44. The van der Waals surface area contributed by atoms with Gasteiger partial charge < -0.3 is 15.4 Å². The third-order valence-corrected chi connectivity index (χ3v) is 6.20. The Labute approximate surface area is 147 Å². The number of guanidine groups is 1. The second kappa shape index (κ2) is 8.05. The Morgan fingerprint density at radius 2 is 1.88 bits per heavy atom. The number of hydrogen-bond donors (Lipinski definition) is 2. The number of nitrogens with one attached hydrogen (secondary N) is 2. The predicted molar refractivity (Wildman–Crippen MR) is 99.4 cm³/mol. The predicted octanol–water partition coefficient (Wildman–Crippen LogP) is 2.23. The van der Waals surface area contributed by atoms with Crippen molar-refractivity contribution in [1.29, 1.82) is 0 Å². The first kappa shape index (κ1) is 18.0. The fourth-order valence-corrected chi connectivity index (χ4v) is 4.41. The van der Waals surface area contributed by atoms with Crippen molar-refractivity contribution in [3.63, 3.8) is 0 Å². The first-order valence-electron chi connectivity index (χ1n) is 9.90. The average molecular weight is 337 g/mol. The molecule has 1 saturated heterocycles. The summed E-state index contributed by atoms with van der Waals surface area (Å²) in [5.41, 5.74) is 0.119. The molecule has 0 amide bonds. The highest BCUT2D eigenvalue weighted by atomic mass is 16.5. The molecular weight excluding hydrogens is 300 g/mol. The third-order valence-electron chi connectivity index (χ3n) is 6.20. The van der Waals surface area contributed by atoms with Crippen LogP contribution in [0.3, 0.4) is 0 Å². The summed E-state index contributed by atoms with van der Waals surface area (Å²) in [6.07, 6.45) is 8.54.